The van der Waals surface area contributed by atoms with Crippen LogP contribution in [0.3, 0.4) is 0 Å². The molecule has 0 radical (unpaired) electrons. The Hall–Kier alpha value is -2.44. The Morgan fingerprint density at radius 1 is 1.09 bits per heavy atom. The van der Waals surface area contributed by atoms with E-state index in [0.717, 1.165) is 60.1 Å². The van der Waals surface area contributed by atoms with Crippen LogP contribution < -0.4 is 5.32 Å². The molecular formula is C27H31NO3S2. The number of fused-ring (bicyclic) bond motifs is 1. The first-order chi connectivity index (χ1) is 16.0. The summed E-state index contributed by atoms with van der Waals surface area (Å²) in [5.41, 5.74) is 5.50. The molecule has 174 valence electrons. The van der Waals surface area contributed by atoms with E-state index >= 15 is 0 Å². The third-order valence-corrected chi connectivity index (χ3v) is 8.27. The van der Waals surface area contributed by atoms with E-state index in [-0.39, 0.29) is 12.5 Å². The summed E-state index contributed by atoms with van der Waals surface area (Å²) >= 11 is 3.11. The Bertz CT molecular complexity index is 1140. The van der Waals surface area contributed by atoms with Gasteiger partial charge in [-0.15, -0.1) is 22.7 Å². The molecule has 1 aliphatic rings. The number of ether oxygens (including phenoxy) is 1. The zero-order valence-corrected chi connectivity index (χ0v) is 21.2. The maximum absolute atomic E-state index is 13.2. The van der Waals surface area contributed by atoms with E-state index in [9.17, 15) is 9.59 Å². The molecule has 0 saturated heterocycles. The van der Waals surface area contributed by atoms with Crippen LogP contribution in [0, 0.1) is 6.92 Å². The lowest BCUT2D eigenvalue weighted by atomic mass is 9.95. The molecule has 1 aromatic carbocycles. The van der Waals surface area contributed by atoms with Gasteiger partial charge in [-0.3, -0.25) is 4.79 Å². The average molecular weight is 482 g/mol. The molecule has 4 nitrogen and oxygen atoms in total. The molecule has 2 heterocycles. The summed E-state index contributed by atoms with van der Waals surface area (Å²) in [5, 5.41) is 5.59. The molecule has 0 aliphatic heterocycles. The normalized spacial score (nSPS) is 12.9. The minimum absolute atomic E-state index is 0.136. The molecule has 0 unspecified atom stereocenters. The van der Waals surface area contributed by atoms with Crippen molar-refractivity contribution in [2.24, 2.45) is 0 Å². The first-order valence-electron chi connectivity index (χ1n) is 11.8. The maximum atomic E-state index is 13.2. The van der Waals surface area contributed by atoms with Gasteiger partial charge in [0, 0.05) is 20.7 Å². The van der Waals surface area contributed by atoms with Gasteiger partial charge in [0.15, 0.2) is 0 Å². The molecule has 0 bridgehead atoms. The van der Waals surface area contributed by atoms with Gasteiger partial charge >= 0.3 is 5.97 Å². The number of thiophene rings is 2. The number of benzene rings is 1. The third kappa shape index (κ3) is 5.07. The van der Waals surface area contributed by atoms with Crippen molar-refractivity contribution in [3.63, 3.8) is 0 Å². The highest BCUT2D eigenvalue weighted by atomic mass is 32.1. The summed E-state index contributed by atoms with van der Waals surface area (Å²) in [6, 6.07) is 8.41. The lowest BCUT2D eigenvalue weighted by Crippen LogP contribution is -2.16. The number of rotatable bonds is 8. The van der Waals surface area contributed by atoms with Gasteiger partial charge in [0.25, 0.3) is 5.91 Å². The van der Waals surface area contributed by atoms with E-state index in [0.29, 0.717) is 10.6 Å². The molecule has 1 amide bonds. The van der Waals surface area contributed by atoms with Gasteiger partial charge in [0.05, 0.1) is 12.2 Å². The van der Waals surface area contributed by atoms with Gasteiger partial charge in [-0.05, 0) is 69.1 Å². The van der Waals surface area contributed by atoms with Crippen LogP contribution in [-0.2, 0) is 24.0 Å². The maximum Gasteiger partial charge on any atom is 0.341 e. The van der Waals surface area contributed by atoms with Crippen LogP contribution in [0.5, 0.6) is 0 Å². The van der Waals surface area contributed by atoms with Crippen molar-refractivity contribution in [3.05, 3.63) is 61.7 Å². The zero-order chi connectivity index (χ0) is 23.4. The Morgan fingerprint density at radius 3 is 2.58 bits per heavy atom. The first kappa shape index (κ1) is 23.7. The van der Waals surface area contributed by atoms with Gasteiger partial charge in [0.2, 0.25) is 0 Å². The fraction of sp³-hybridized carbons (Fsp3) is 0.407. The molecular weight excluding hydrogens is 450 g/mol. The molecule has 1 N–H and O–H groups in total. The van der Waals surface area contributed by atoms with Crippen LogP contribution in [0.4, 0.5) is 5.00 Å². The fourth-order valence-electron chi connectivity index (χ4n) is 4.45. The second-order valence-corrected chi connectivity index (χ2v) is 10.7. The first-order valence-corrected chi connectivity index (χ1v) is 13.5. The molecule has 3 aromatic rings. The summed E-state index contributed by atoms with van der Waals surface area (Å²) in [7, 11) is 0. The van der Waals surface area contributed by atoms with Crippen molar-refractivity contribution in [1.29, 1.82) is 0 Å². The minimum Gasteiger partial charge on any atom is -0.462 e. The second-order valence-electron chi connectivity index (χ2n) is 8.47. The number of carbonyl (C=O) groups is 2. The number of amides is 1. The molecule has 0 saturated carbocycles. The lowest BCUT2D eigenvalue weighted by Gasteiger charge is -2.13. The van der Waals surface area contributed by atoms with Gasteiger partial charge in [-0.25, -0.2) is 4.79 Å². The number of esters is 1. The van der Waals surface area contributed by atoms with Crippen LogP contribution in [0.15, 0.2) is 29.6 Å². The number of hydrogen-bond donors (Lipinski definition) is 1. The zero-order valence-electron chi connectivity index (χ0n) is 19.6. The summed E-state index contributed by atoms with van der Waals surface area (Å²) < 4.78 is 5.40. The molecule has 0 fully saturated rings. The van der Waals surface area contributed by atoms with Gasteiger partial charge < -0.3 is 10.1 Å². The van der Waals surface area contributed by atoms with Crippen molar-refractivity contribution < 1.29 is 14.3 Å². The SMILES string of the molecule is CCCCc1ccc(-c2c(C)sc(NC(=O)c3csc4c3CCCC4)c2C(=O)OCC)cc1. The fourth-order valence-corrected chi connectivity index (χ4v) is 6.64. The predicted octanol–water partition coefficient (Wildman–Crippen LogP) is 7.44. The van der Waals surface area contributed by atoms with E-state index in [1.165, 1.54) is 33.8 Å². The number of anilines is 1. The van der Waals surface area contributed by atoms with Gasteiger partial charge in [-0.1, -0.05) is 37.6 Å². The van der Waals surface area contributed by atoms with Crippen molar-refractivity contribution >= 4 is 39.6 Å². The van der Waals surface area contributed by atoms with E-state index in [4.69, 9.17) is 4.74 Å². The number of aryl methyl sites for hydroxylation is 3. The number of carbonyl (C=O) groups excluding carboxylic acids is 2. The van der Waals surface area contributed by atoms with Crippen molar-refractivity contribution in [2.45, 2.75) is 65.7 Å². The number of nitrogens with one attached hydrogen (secondary N) is 1. The Balaban J connectivity index is 1.68. The number of unbranched alkanes of at least 4 members (excludes halogenated alkanes) is 1. The lowest BCUT2D eigenvalue weighted by molar-refractivity contribution is 0.0529. The standard InChI is InChI=1S/C27H31NO3S2/c1-4-6-9-18-12-14-19(15-13-18)23-17(3)33-26(24(23)27(30)31-5-2)28-25(29)21-16-32-22-11-8-7-10-20(21)22/h12-16H,4-11H2,1-3H3,(H,28,29). The Kier molecular flexibility index (Phi) is 7.66. The predicted molar refractivity (Wildman–Crippen MR) is 138 cm³/mol. The molecule has 1 aliphatic carbocycles. The van der Waals surface area contributed by atoms with Gasteiger partial charge in [-0.2, -0.15) is 0 Å². The topological polar surface area (TPSA) is 55.4 Å². The monoisotopic (exact) mass is 481 g/mol. The highest BCUT2D eigenvalue weighted by Gasteiger charge is 2.27. The Labute approximate surface area is 204 Å². The van der Waals surface area contributed by atoms with Crippen molar-refractivity contribution in [3.8, 4) is 11.1 Å². The second kappa shape index (κ2) is 10.7. The highest BCUT2D eigenvalue weighted by molar-refractivity contribution is 7.17. The van der Waals surface area contributed by atoms with Gasteiger partial charge in [0.1, 0.15) is 10.6 Å². The van der Waals surface area contributed by atoms with Crippen molar-refractivity contribution in [1.82, 2.24) is 0 Å². The third-order valence-electron chi connectivity index (χ3n) is 6.16. The van der Waals surface area contributed by atoms with Crippen LogP contribution >= 0.6 is 22.7 Å². The molecule has 33 heavy (non-hydrogen) atoms. The smallest absolute Gasteiger partial charge is 0.341 e. The van der Waals surface area contributed by atoms with Crippen LogP contribution in [0.1, 0.15) is 81.1 Å². The van der Waals surface area contributed by atoms with E-state index in [2.05, 4.69) is 36.5 Å². The molecule has 0 atom stereocenters. The molecule has 0 spiro atoms. The van der Waals surface area contributed by atoms with Crippen molar-refractivity contribution in [2.75, 3.05) is 11.9 Å². The Morgan fingerprint density at radius 2 is 1.85 bits per heavy atom. The number of hydrogen-bond acceptors (Lipinski definition) is 5. The average Bonchev–Trinajstić information content (AvgIpc) is 3.39. The van der Waals surface area contributed by atoms with Crippen LogP contribution in [0.2, 0.25) is 0 Å². The van der Waals surface area contributed by atoms with Crippen LogP contribution in [0.25, 0.3) is 11.1 Å². The quantitative estimate of drug-likeness (QED) is 0.340. The summed E-state index contributed by atoms with van der Waals surface area (Å²) in [6.07, 6.45) is 7.68. The van der Waals surface area contributed by atoms with E-state index in [1.807, 2.05) is 12.3 Å². The van der Waals surface area contributed by atoms with Crippen LogP contribution in [-0.4, -0.2) is 18.5 Å². The summed E-state index contributed by atoms with van der Waals surface area (Å²) in [5.74, 6) is -0.530. The molecule has 4 rings (SSSR count). The van der Waals surface area contributed by atoms with E-state index < -0.39 is 5.97 Å². The summed E-state index contributed by atoms with van der Waals surface area (Å²) in [6.45, 7) is 6.27. The highest BCUT2D eigenvalue weighted by Crippen LogP contribution is 2.41. The molecule has 2 aromatic heterocycles. The summed E-state index contributed by atoms with van der Waals surface area (Å²) in [4.78, 5) is 28.6. The minimum atomic E-state index is -0.394. The van der Waals surface area contributed by atoms with E-state index in [1.54, 1.807) is 18.3 Å². The molecule has 6 heteroatoms. The largest absolute Gasteiger partial charge is 0.462 e.